The van der Waals surface area contributed by atoms with Crippen LogP contribution in [0.25, 0.3) is 0 Å². The van der Waals surface area contributed by atoms with Crippen molar-refractivity contribution < 1.29 is 22.4 Å². The van der Waals surface area contributed by atoms with Gasteiger partial charge in [0.1, 0.15) is 5.82 Å². The fourth-order valence-corrected chi connectivity index (χ4v) is 3.71. The van der Waals surface area contributed by atoms with Crippen LogP contribution in [0, 0.1) is 5.82 Å². The molecule has 140 valence electrons. The molecular formula is C14H20ClFN4O4S. The molecule has 1 aromatic carbocycles. The highest BCUT2D eigenvalue weighted by Crippen LogP contribution is 2.18. The number of nitrogens with one attached hydrogen (secondary N) is 1. The third-order valence-electron chi connectivity index (χ3n) is 3.66. The first-order chi connectivity index (χ1) is 11.3. The van der Waals surface area contributed by atoms with E-state index >= 15 is 0 Å². The average Bonchev–Trinajstić information content (AvgIpc) is 2.59. The Hall–Kier alpha value is -1.75. The maximum atomic E-state index is 12.9. The Morgan fingerprint density at radius 1 is 1.12 bits per heavy atom. The van der Waals surface area contributed by atoms with Crippen molar-refractivity contribution >= 4 is 34.2 Å². The van der Waals surface area contributed by atoms with Crippen molar-refractivity contribution in [3.63, 3.8) is 0 Å². The van der Waals surface area contributed by atoms with E-state index in [0.29, 0.717) is 0 Å². The van der Waals surface area contributed by atoms with E-state index in [1.165, 1.54) is 21.3 Å². The smallest absolute Gasteiger partial charge is 0.243 e. The van der Waals surface area contributed by atoms with Crippen LogP contribution in [0.15, 0.2) is 29.2 Å². The van der Waals surface area contributed by atoms with Crippen molar-refractivity contribution in [1.29, 1.82) is 0 Å². The molecule has 8 nitrogen and oxygen atoms in total. The van der Waals surface area contributed by atoms with Gasteiger partial charge >= 0.3 is 0 Å². The molecule has 1 saturated heterocycles. The Morgan fingerprint density at radius 2 is 1.68 bits per heavy atom. The van der Waals surface area contributed by atoms with Crippen molar-refractivity contribution in [2.75, 3.05) is 39.3 Å². The predicted molar refractivity (Wildman–Crippen MR) is 91.1 cm³/mol. The average molecular weight is 395 g/mol. The lowest BCUT2D eigenvalue weighted by Crippen LogP contribution is -2.52. The zero-order chi connectivity index (χ0) is 17.7. The Kier molecular flexibility index (Phi) is 7.74. The summed E-state index contributed by atoms with van der Waals surface area (Å²) >= 11 is 0. The van der Waals surface area contributed by atoms with E-state index in [0.717, 1.165) is 12.1 Å². The van der Waals surface area contributed by atoms with Crippen molar-refractivity contribution in [2.24, 2.45) is 5.73 Å². The number of nitrogens with two attached hydrogens (primary N) is 1. The molecule has 0 aliphatic carbocycles. The van der Waals surface area contributed by atoms with E-state index in [1.54, 1.807) is 0 Å². The molecule has 2 rings (SSSR count). The van der Waals surface area contributed by atoms with Crippen LogP contribution in [0.3, 0.4) is 0 Å². The van der Waals surface area contributed by atoms with E-state index in [9.17, 15) is 22.4 Å². The first-order valence-corrected chi connectivity index (χ1v) is 8.79. The van der Waals surface area contributed by atoms with Crippen molar-refractivity contribution in [1.82, 2.24) is 14.5 Å². The molecule has 1 aromatic rings. The van der Waals surface area contributed by atoms with Crippen LogP contribution in [0.4, 0.5) is 4.39 Å². The molecule has 1 aliphatic heterocycles. The quantitative estimate of drug-likeness (QED) is 0.675. The highest BCUT2D eigenvalue weighted by molar-refractivity contribution is 7.89. The van der Waals surface area contributed by atoms with Crippen molar-refractivity contribution in [3.8, 4) is 0 Å². The number of piperazine rings is 1. The molecule has 0 atom stereocenters. The lowest BCUT2D eigenvalue weighted by molar-refractivity contribution is -0.133. The van der Waals surface area contributed by atoms with Crippen molar-refractivity contribution in [3.05, 3.63) is 30.1 Å². The highest BCUT2D eigenvalue weighted by atomic mass is 35.5. The topological polar surface area (TPSA) is 113 Å². The molecule has 0 radical (unpaired) electrons. The van der Waals surface area contributed by atoms with Crippen LogP contribution in [0.5, 0.6) is 0 Å². The molecule has 1 aliphatic rings. The molecule has 25 heavy (non-hydrogen) atoms. The molecule has 0 unspecified atom stereocenters. The number of carbonyl (C=O) groups excluding carboxylic acids is 2. The zero-order valence-electron chi connectivity index (χ0n) is 13.4. The molecule has 11 heteroatoms. The number of hydrogen-bond acceptors (Lipinski definition) is 5. The predicted octanol–water partition coefficient (Wildman–Crippen LogP) is -0.845. The van der Waals surface area contributed by atoms with Gasteiger partial charge in [-0.1, -0.05) is 0 Å². The van der Waals surface area contributed by atoms with Gasteiger partial charge in [0.15, 0.2) is 0 Å². The molecule has 1 fully saturated rings. The van der Waals surface area contributed by atoms with Gasteiger partial charge < -0.3 is 16.0 Å². The first kappa shape index (κ1) is 21.3. The molecule has 1 heterocycles. The maximum Gasteiger partial charge on any atom is 0.243 e. The van der Waals surface area contributed by atoms with Crippen LogP contribution in [0.2, 0.25) is 0 Å². The number of rotatable bonds is 5. The van der Waals surface area contributed by atoms with Gasteiger partial charge in [-0.2, -0.15) is 4.31 Å². The minimum Gasteiger partial charge on any atom is -0.346 e. The normalized spacial score (nSPS) is 15.4. The molecule has 0 spiro atoms. The molecule has 0 aromatic heterocycles. The van der Waals surface area contributed by atoms with Gasteiger partial charge in [0.25, 0.3) is 0 Å². The fourth-order valence-electron chi connectivity index (χ4n) is 2.29. The van der Waals surface area contributed by atoms with Gasteiger partial charge in [0, 0.05) is 26.2 Å². The minimum absolute atomic E-state index is 0. The number of amides is 2. The zero-order valence-corrected chi connectivity index (χ0v) is 15.0. The van der Waals surface area contributed by atoms with Crippen LogP contribution in [-0.4, -0.2) is 68.7 Å². The summed E-state index contributed by atoms with van der Waals surface area (Å²) in [5.41, 5.74) is 5.13. The Labute approximate surface area is 151 Å². The van der Waals surface area contributed by atoms with E-state index in [1.807, 2.05) is 0 Å². The van der Waals surface area contributed by atoms with Gasteiger partial charge in [-0.05, 0) is 24.3 Å². The third-order valence-corrected chi connectivity index (χ3v) is 5.58. The van der Waals surface area contributed by atoms with Gasteiger partial charge in [-0.3, -0.25) is 9.59 Å². The summed E-state index contributed by atoms with van der Waals surface area (Å²) in [6.07, 6.45) is 0. The summed E-state index contributed by atoms with van der Waals surface area (Å²) in [7, 11) is -3.72. The summed E-state index contributed by atoms with van der Waals surface area (Å²) < 4.78 is 39.1. The van der Waals surface area contributed by atoms with Gasteiger partial charge in [-0.15, -0.1) is 12.4 Å². The minimum atomic E-state index is -3.72. The summed E-state index contributed by atoms with van der Waals surface area (Å²) in [5.74, 6) is -1.24. The number of carbonyl (C=O) groups is 2. The Morgan fingerprint density at radius 3 is 2.20 bits per heavy atom. The number of halogens is 2. The van der Waals surface area contributed by atoms with Crippen LogP contribution >= 0.6 is 12.4 Å². The van der Waals surface area contributed by atoms with Gasteiger partial charge in [0.05, 0.1) is 18.0 Å². The Balaban J connectivity index is 0.00000312. The fraction of sp³-hybridized carbons (Fsp3) is 0.429. The number of benzene rings is 1. The van der Waals surface area contributed by atoms with Gasteiger partial charge in [0.2, 0.25) is 21.8 Å². The first-order valence-electron chi connectivity index (χ1n) is 7.35. The molecule has 2 amide bonds. The van der Waals surface area contributed by atoms with Gasteiger partial charge in [-0.25, -0.2) is 12.8 Å². The monoisotopic (exact) mass is 394 g/mol. The summed E-state index contributed by atoms with van der Waals surface area (Å²) in [4.78, 5) is 24.5. The number of sulfonamides is 1. The van der Waals surface area contributed by atoms with E-state index in [4.69, 9.17) is 5.73 Å². The van der Waals surface area contributed by atoms with Crippen molar-refractivity contribution in [2.45, 2.75) is 4.90 Å². The third kappa shape index (κ3) is 5.36. The maximum absolute atomic E-state index is 12.9. The summed E-state index contributed by atoms with van der Waals surface area (Å²) in [6.45, 7) is 0.347. The lowest BCUT2D eigenvalue weighted by atomic mass is 10.3. The number of nitrogens with zero attached hydrogens (tertiary/aromatic N) is 2. The Bertz CT molecular complexity index is 706. The second kappa shape index (κ2) is 9.09. The number of hydrogen-bond donors (Lipinski definition) is 2. The summed E-state index contributed by atoms with van der Waals surface area (Å²) in [5, 5.41) is 2.38. The molecule has 0 bridgehead atoms. The second-order valence-corrected chi connectivity index (χ2v) is 7.16. The van der Waals surface area contributed by atoms with E-state index in [-0.39, 0.29) is 62.5 Å². The molecule has 3 N–H and O–H groups in total. The standard InChI is InChI=1S/C14H19FN4O4S.ClH/c15-11-1-3-12(4-2-11)24(22,23)19-7-5-18(6-8-19)14(21)10-17-13(20)9-16;/h1-4H,5-10,16H2,(H,17,20);1H. The second-order valence-electron chi connectivity index (χ2n) is 5.22. The molecular weight excluding hydrogens is 375 g/mol. The lowest BCUT2D eigenvalue weighted by Gasteiger charge is -2.34. The van der Waals surface area contributed by atoms with Crippen LogP contribution < -0.4 is 11.1 Å². The molecule has 0 saturated carbocycles. The SMILES string of the molecule is Cl.NCC(=O)NCC(=O)N1CCN(S(=O)(=O)c2ccc(F)cc2)CC1. The van der Waals surface area contributed by atoms with E-state index in [2.05, 4.69) is 5.32 Å². The largest absolute Gasteiger partial charge is 0.346 e. The van der Waals surface area contributed by atoms with E-state index < -0.39 is 21.7 Å². The summed E-state index contributed by atoms with van der Waals surface area (Å²) in [6, 6.07) is 4.61. The van der Waals surface area contributed by atoms with Crippen LogP contribution in [0.1, 0.15) is 0 Å². The van der Waals surface area contributed by atoms with Crippen LogP contribution in [-0.2, 0) is 19.6 Å². The highest BCUT2D eigenvalue weighted by Gasteiger charge is 2.30.